The third-order valence-electron chi connectivity index (χ3n) is 1.57. The van der Waals surface area contributed by atoms with Gasteiger partial charge < -0.3 is 10.8 Å². The van der Waals surface area contributed by atoms with Crippen LogP contribution >= 0.6 is 0 Å². The Bertz CT molecular complexity index is 50.9. The van der Waals surface area contributed by atoms with E-state index in [1.54, 1.807) is 0 Å². The van der Waals surface area contributed by atoms with Crippen LogP contribution in [-0.2, 0) is 0 Å². The lowest BCUT2D eigenvalue weighted by Gasteiger charge is -2.10. The summed E-state index contributed by atoms with van der Waals surface area (Å²) < 4.78 is 0. The molecule has 0 rings (SSSR count). The maximum atomic E-state index is 8.54. The predicted molar refractivity (Wildman–Crippen MR) is 39.2 cm³/mol. The van der Waals surface area contributed by atoms with Gasteiger partial charge in [-0.05, 0) is 25.3 Å². The van der Waals surface area contributed by atoms with E-state index in [0.29, 0.717) is 12.5 Å². The van der Waals surface area contributed by atoms with Gasteiger partial charge in [-0.15, -0.1) is 0 Å². The third kappa shape index (κ3) is 4.43. The Balaban J connectivity index is 3.18. The van der Waals surface area contributed by atoms with Crippen LogP contribution in [0.25, 0.3) is 0 Å². The van der Waals surface area contributed by atoms with Crippen molar-refractivity contribution in [2.24, 2.45) is 11.7 Å². The largest absolute Gasteiger partial charge is 0.396 e. The summed E-state index contributed by atoms with van der Waals surface area (Å²) in [5, 5.41) is 8.54. The molecule has 0 fully saturated rings. The number of nitrogens with two attached hydrogens (primary N) is 1. The highest BCUT2D eigenvalue weighted by atomic mass is 16.3. The molecule has 0 aromatic carbocycles. The van der Waals surface area contributed by atoms with Crippen LogP contribution in [0.15, 0.2) is 0 Å². The van der Waals surface area contributed by atoms with Gasteiger partial charge in [0, 0.05) is 6.61 Å². The number of aliphatic hydroxyl groups excluding tert-OH is 1. The summed E-state index contributed by atoms with van der Waals surface area (Å²) in [6.07, 6.45) is 3.18. The van der Waals surface area contributed by atoms with E-state index in [9.17, 15) is 0 Å². The first kappa shape index (κ1) is 8.92. The van der Waals surface area contributed by atoms with Gasteiger partial charge in [0.05, 0.1) is 0 Å². The van der Waals surface area contributed by atoms with Gasteiger partial charge in [0.2, 0.25) is 0 Å². The Labute approximate surface area is 57.1 Å². The Kier molecular flexibility index (Phi) is 5.99. The number of rotatable bonds is 5. The molecule has 0 aliphatic heterocycles. The van der Waals surface area contributed by atoms with E-state index in [2.05, 4.69) is 6.92 Å². The predicted octanol–water partition coefficient (Wildman–Crippen LogP) is 0.744. The Hall–Kier alpha value is -0.0800. The fraction of sp³-hybridized carbons (Fsp3) is 1.00. The van der Waals surface area contributed by atoms with Crippen LogP contribution in [0.3, 0.4) is 0 Å². The molecule has 0 aliphatic carbocycles. The summed E-state index contributed by atoms with van der Waals surface area (Å²) >= 11 is 0. The van der Waals surface area contributed by atoms with Crippen molar-refractivity contribution < 1.29 is 5.11 Å². The summed E-state index contributed by atoms with van der Waals surface area (Å²) in [6.45, 7) is 3.14. The van der Waals surface area contributed by atoms with Crippen LogP contribution in [0.1, 0.15) is 26.2 Å². The Morgan fingerprint density at radius 1 is 1.44 bits per heavy atom. The normalized spacial score (nSPS) is 13.7. The maximum absolute atomic E-state index is 8.54. The first-order chi connectivity index (χ1) is 4.35. The van der Waals surface area contributed by atoms with Crippen LogP contribution < -0.4 is 5.73 Å². The van der Waals surface area contributed by atoms with Crippen LogP contribution in [0.2, 0.25) is 0 Å². The van der Waals surface area contributed by atoms with E-state index in [0.717, 1.165) is 12.8 Å². The molecule has 0 spiro atoms. The lowest BCUT2D eigenvalue weighted by Crippen LogP contribution is -2.15. The van der Waals surface area contributed by atoms with Gasteiger partial charge in [-0.25, -0.2) is 0 Å². The minimum absolute atomic E-state index is 0.280. The molecule has 0 aromatic heterocycles. The number of hydrogen-bond donors (Lipinski definition) is 2. The quantitative estimate of drug-likeness (QED) is 0.578. The van der Waals surface area contributed by atoms with E-state index >= 15 is 0 Å². The van der Waals surface area contributed by atoms with Gasteiger partial charge >= 0.3 is 0 Å². The van der Waals surface area contributed by atoms with Crippen molar-refractivity contribution in [1.82, 2.24) is 0 Å². The summed E-state index contributed by atoms with van der Waals surface area (Å²) in [5.74, 6) is 0.542. The molecule has 56 valence electrons. The molecule has 0 radical (unpaired) electrons. The SMILES string of the molecule is CCCC(CN)CCO. The first-order valence-corrected chi connectivity index (χ1v) is 3.66. The van der Waals surface area contributed by atoms with E-state index in [1.165, 1.54) is 6.42 Å². The standard InChI is InChI=1S/C7H17NO/c1-2-3-7(6-8)4-5-9/h7,9H,2-6,8H2,1H3. The second-order valence-electron chi connectivity index (χ2n) is 2.40. The van der Waals surface area contributed by atoms with Gasteiger partial charge in [-0.1, -0.05) is 13.3 Å². The minimum Gasteiger partial charge on any atom is -0.396 e. The van der Waals surface area contributed by atoms with E-state index in [-0.39, 0.29) is 6.61 Å². The lowest BCUT2D eigenvalue weighted by atomic mass is 10.0. The van der Waals surface area contributed by atoms with Crippen molar-refractivity contribution in [3.8, 4) is 0 Å². The molecule has 1 unspecified atom stereocenters. The molecule has 1 atom stereocenters. The summed E-state index contributed by atoms with van der Waals surface area (Å²) in [5.41, 5.74) is 5.43. The molecule has 9 heavy (non-hydrogen) atoms. The summed E-state index contributed by atoms with van der Waals surface area (Å²) in [4.78, 5) is 0. The van der Waals surface area contributed by atoms with Crippen molar-refractivity contribution in [2.45, 2.75) is 26.2 Å². The molecule has 2 heteroatoms. The molecule has 3 N–H and O–H groups in total. The Morgan fingerprint density at radius 3 is 2.44 bits per heavy atom. The van der Waals surface area contributed by atoms with Gasteiger partial charge in [0.15, 0.2) is 0 Å². The molecule has 0 aliphatic rings. The van der Waals surface area contributed by atoms with Gasteiger partial charge in [-0.2, -0.15) is 0 Å². The fourth-order valence-corrected chi connectivity index (χ4v) is 0.971. The molecular weight excluding hydrogens is 114 g/mol. The highest BCUT2D eigenvalue weighted by Gasteiger charge is 2.02. The highest BCUT2D eigenvalue weighted by molar-refractivity contribution is 4.57. The van der Waals surface area contributed by atoms with Crippen molar-refractivity contribution in [1.29, 1.82) is 0 Å². The average Bonchev–Trinajstić information content (AvgIpc) is 1.88. The maximum Gasteiger partial charge on any atom is 0.0434 e. The van der Waals surface area contributed by atoms with E-state index < -0.39 is 0 Å². The van der Waals surface area contributed by atoms with Gasteiger partial charge in [0.25, 0.3) is 0 Å². The van der Waals surface area contributed by atoms with Crippen LogP contribution in [0.5, 0.6) is 0 Å². The van der Waals surface area contributed by atoms with Crippen LogP contribution in [0, 0.1) is 5.92 Å². The molecule has 0 bridgehead atoms. The Morgan fingerprint density at radius 2 is 2.11 bits per heavy atom. The topological polar surface area (TPSA) is 46.2 Å². The molecule has 2 nitrogen and oxygen atoms in total. The molecule has 0 amide bonds. The zero-order valence-electron chi connectivity index (χ0n) is 6.14. The van der Waals surface area contributed by atoms with E-state index in [1.807, 2.05) is 0 Å². The average molecular weight is 131 g/mol. The minimum atomic E-state index is 0.280. The second-order valence-corrected chi connectivity index (χ2v) is 2.40. The summed E-state index contributed by atoms with van der Waals surface area (Å²) in [6, 6.07) is 0. The monoisotopic (exact) mass is 131 g/mol. The molecular formula is C7H17NO. The molecule has 0 saturated heterocycles. The molecule has 0 heterocycles. The molecule has 0 aromatic rings. The van der Waals surface area contributed by atoms with Crippen molar-refractivity contribution in [3.05, 3.63) is 0 Å². The van der Waals surface area contributed by atoms with E-state index in [4.69, 9.17) is 10.8 Å². The zero-order valence-corrected chi connectivity index (χ0v) is 6.14. The first-order valence-electron chi connectivity index (χ1n) is 3.66. The summed E-state index contributed by atoms with van der Waals surface area (Å²) in [7, 11) is 0. The van der Waals surface area contributed by atoms with Gasteiger partial charge in [-0.3, -0.25) is 0 Å². The van der Waals surface area contributed by atoms with Crippen molar-refractivity contribution in [2.75, 3.05) is 13.2 Å². The zero-order chi connectivity index (χ0) is 7.11. The second kappa shape index (κ2) is 6.05. The van der Waals surface area contributed by atoms with Crippen LogP contribution in [-0.4, -0.2) is 18.3 Å². The van der Waals surface area contributed by atoms with Crippen LogP contribution in [0.4, 0.5) is 0 Å². The van der Waals surface area contributed by atoms with Crippen molar-refractivity contribution in [3.63, 3.8) is 0 Å². The highest BCUT2D eigenvalue weighted by Crippen LogP contribution is 2.07. The van der Waals surface area contributed by atoms with Gasteiger partial charge in [0.1, 0.15) is 0 Å². The lowest BCUT2D eigenvalue weighted by molar-refractivity contribution is 0.253. The molecule has 0 saturated carbocycles. The fourth-order valence-electron chi connectivity index (χ4n) is 0.971. The smallest absolute Gasteiger partial charge is 0.0434 e. The number of hydrogen-bond acceptors (Lipinski definition) is 2. The van der Waals surface area contributed by atoms with Crippen molar-refractivity contribution >= 4 is 0 Å². The number of aliphatic hydroxyl groups is 1. The third-order valence-corrected chi connectivity index (χ3v) is 1.57.